The molecule has 0 bridgehead atoms. The zero-order valence-corrected chi connectivity index (χ0v) is 19.3. The molecule has 1 heterocycles. The fraction of sp³-hybridized carbons (Fsp3) is 0.409. The number of amides is 1. The van der Waals surface area contributed by atoms with Crippen LogP contribution in [0.3, 0.4) is 0 Å². The molecule has 0 radical (unpaired) electrons. The van der Waals surface area contributed by atoms with Gasteiger partial charge in [-0.25, -0.2) is 8.42 Å². The van der Waals surface area contributed by atoms with Gasteiger partial charge < -0.3 is 15.1 Å². The van der Waals surface area contributed by atoms with Crippen molar-refractivity contribution in [1.82, 2.24) is 15.1 Å². The summed E-state index contributed by atoms with van der Waals surface area (Å²) in [7, 11) is -1.80. The minimum Gasteiger partial charge on any atom is -0.354 e. The van der Waals surface area contributed by atoms with Gasteiger partial charge in [0.1, 0.15) is 6.54 Å². The molecule has 2 aromatic rings. The molecule has 1 aliphatic heterocycles. The molecule has 31 heavy (non-hydrogen) atoms. The Kier molecular flexibility index (Phi) is 8.31. The second-order valence-corrected chi connectivity index (χ2v) is 9.95. The molecule has 7 nitrogen and oxygen atoms in total. The van der Waals surface area contributed by atoms with Gasteiger partial charge in [-0.1, -0.05) is 35.9 Å². The number of piperazine rings is 1. The van der Waals surface area contributed by atoms with Crippen molar-refractivity contribution in [1.29, 1.82) is 0 Å². The van der Waals surface area contributed by atoms with E-state index in [1.807, 2.05) is 0 Å². The Morgan fingerprint density at radius 3 is 2.45 bits per heavy atom. The highest BCUT2D eigenvalue weighted by molar-refractivity contribution is 7.92. The quantitative estimate of drug-likeness (QED) is 0.576. The van der Waals surface area contributed by atoms with Crippen molar-refractivity contribution in [3.05, 3.63) is 59.6 Å². The standard InChI is InChI=1S/C22H29ClN4O3S/c1-25-13-15-26(16-14-25)12-6-11-24-22(28)18-27(20-8-5-7-19(23)17-20)31(29,30)21-9-3-2-4-10-21/h2-5,7-10,17H,6,11-16,18H2,1H3,(H,24,28). The normalized spacial score (nSPS) is 15.5. The summed E-state index contributed by atoms with van der Waals surface area (Å²) in [6.07, 6.45) is 0.818. The molecule has 0 aromatic heterocycles. The van der Waals surface area contributed by atoms with Crippen LogP contribution in [0.25, 0.3) is 0 Å². The fourth-order valence-electron chi connectivity index (χ4n) is 3.45. The van der Waals surface area contributed by atoms with Crippen LogP contribution in [-0.4, -0.2) is 77.0 Å². The van der Waals surface area contributed by atoms with Crippen molar-refractivity contribution in [2.45, 2.75) is 11.3 Å². The van der Waals surface area contributed by atoms with Crippen LogP contribution in [0.4, 0.5) is 5.69 Å². The monoisotopic (exact) mass is 464 g/mol. The molecule has 0 atom stereocenters. The highest BCUT2D eigenvalue weighted by Gasteiger charge is 2.27. The molecule has 0 unspecified atom stereocenters. The van der Waals surface area contributed by atoms with E-state index in [-0.39, 0.29) is 17.3 Å². The number of carbonyl (C=O) groups excluding carboxylic acids is 1. The lowest BCUT2D eigenvalue weighted by Gasteiger charge is -2.32. The molecule has 0 aliphatic carbocycles. The number of hydrogen-bond donors (Lipinski definition) is 1. The molecule has 1 N–H and O–H groups in total. The third-order valence-corrected chi connectivity index (χ3v) is 7.31. The summed E-state index contributed by atoms with van der Waals surface area (Å²) >= 11 is 6.08. The lowest BCUT2D eigenvalue weighted by molar-refractivity contribution is -0.119. The number of rotatable bonds is 9. The molecule has 1 amide bonds. The van der Waals surface area contributed by atoms with Crippen LogP contribution in [-0.2, 0) is 14.8 Å². The Hall–Kier alpha value is -2.13. The van der Waals surface area contributed by atoms with Crippen LogP contribution < -0.4 is 9.62 Å². The van der Waals surface area contributed by atoms with Crippen LogP contribution >= 0.6 is 11.6 Å². The number of hydrogen-bond acceptors (Lipinski definition) is 5. The number of anilines is 1. The predicted molar refractivity (Wildman–Crippen MR) is 124 cm³/mol. The van der Waals surface area contributed by atoms with E-state index in [2.05, 4.69) is 22.2 Å². The molecule has 1 fully saturated rings. The molecule has 0 saturated carbocycles. The van der Waals surface area contributed by atoms with Crippen molar-refractivity contribution in [2.24, 2.45) is 0 Å². The van der Waals surface area contributed by atoms with E-state index >= 15 is 0 Å². The first-order chi connectivity index (χ1) is 14.9. The molecule has 1 saturated heterocycles. The third-order valence-electron chi connectivity index (χ3n) is 5.28. The largest absolute Gasteiger partial charge is 0.354 e. The first-order valence-corrected chi connectivity index (χ1v) is 12.2. The first kappa shape index (κ1) is 23.5. The molecule has 9 heteroatoms. The van der Waals surface area contributed by atoms with Crippen LogP contribution in [0.1, 0.15) is 6.42 Å². The van der Waals surface area contributed by atoms with Gasteiger partial charge in [0, 0.05) is 37.7 Å². The topological polar surface area (TPSA) is 73.0 Å². The SMILES string of the molecule is CN1CCN(CCCNC(=O)CN(c2cccc(Cl)c2)S(=O)(=O)c2ccccc2)CC1. The molecule has 0 spiro atoms. The molecular weight excluding hydrogens is 436 g/mol. The highest BCUT2D eigenvalue weighted by Crippen LogP contribution is 2.25. The summed E-state index contributed by atoms with van der Waals surface area (Å²) in [5.41, 5.74) is 0.351. The molecule has 3 rings (SSSR count). The number of sulfonamides is 1. The van der Waals surface area contributed by atoms with Crippen molar-refractivity contribution in [3.63, 3.8) is 0 Å². The summed E-state index contributed by atoms with van der Waals surface area (Å²) in [6, 6.07) is 14.6. The average molecular weight is 465 g/mol. The fourth-order valence-corrected chi connectivity index (χ4v) is 5.07. The number of nitrogens with zero attached hydrogens (tertiary/aromatic N) is 3. The van der Waals surface area contributed by atoms with Gasteiger partial charge in [0.05, 0.1) is 10.6 Å². The number of halogens is 1. The second kappa shape index (κ2) is 10.9. The second-order valence-electron chi connectivity index (χ2n) is 7.65. The summed E-state index contributed by atoms with van der Waals surface area (Å²) in [4.78, 5) is 17.4. The number of carbonyl (C=O) groups is 1. The zero-order chi connectivity index (χ0) is 22.3. The van der Waals surface area contributed by atoms with E-state index in [0.717, 1.165) is 43.4 Å². The van der Waals surface area contributed by atoms with Crippen LogP contribution in [0.15, 0.2) is 59.5 Å². The van der Waals surface area contributed by atoms with Crippen LogP contribution in [0.2, 0.25) is 5.02 Å². The van der Waals surface area contributed by atoms with E-state index in [1.54, 1.807) is 42.5 Å². The lowest BCUT2D eigenvalue weighted by atomic mass is 10.3. The van der Waals surface area contributed by atoms with Crippen molar-refractivity contribution in [3.8, 4) is 0 Å². The lowest BCUT2D eigenvalue weighted by Crippen LogP contribution is -2.45. The molecule has 1 aliphatic rings. The van der Waals surface area contributed by atoms with Gasteiger partial charge in [0.2, 0.25) is 5.91 Å². The van der Waals surface area contributed by atoms with Gasteiger partial charge in [-0.05, 0) is 50.3 Å². The van der Waals surface area contributed by atoms with Gasteiger partial charge >= 0.3 is 0 Å². The number of benzene rings is 2. The van der Waals surface area contributed by atoms with Crippen LogP contribution in [0.5, 0.6) is 0 Å². The van der Waals surface area contributed by atoms with Gasteiger partial charge in [-0.15, -0.1) is 0 Å². The number of likely N-dealkylation sites (N-methyl/N-ethyl adjacent to an activating group) is 1. The van der Waals surface area contributed by atoms with E-state index in [0.29, 0.717) is 17.3 Å². The van der Waals surface area contributed by atoms with E-state index < -0.39 is 10.0 Å². The van der Waals surface area contributed by atoms with Crippen molar-refractivity contribution < 1.29 is 13.2 Å². The van der Waals surface area contributed by atoms with Crippen molar-refractivity contribution in [2.75, 3.05) is 57.2 Å². The van der Waals surface area contributed by atoms with E-state index in [1.165, 1.54) is 12.1 Å². The zero-order valence-electron chi connectivity index (χ0n) is 17.7. The summed E-state index contributed by atoms with van der Waals surface area (Å²) in [6.45, 7) is 5.27. The Morgan fingerprint density at radius 1 is 1.06 bits per heavy atom. The van der Waals surface area contributed by atoms with Crippen molar-refractivity contribution >= 4 is 33.2 Å². The maximum atomic E-state index is 13.2. The van der Waals surface area contributed by atoms with Gasteiger partial charge in [0.25, 0.3) is 10.0 Å². The summed E-state index contributed by atoms with van der Waals surface area (Å²) in [5.74, 6) is -0.349. The average Bonchev–Trinajstić information content (AvgIpc) is 2.77. The summed E-state index contributed by atoms with van der Waals surface area (Å²) < 4.78 is 27.6. The molecule has 168 valence electrons. The molecular formula is C22H29ClN4O3S. The summed E-state index contributed by atoms with van der Waals surface area (Å²) in [5, 5.41) is 3.26. The molecule has 2 aromatic carbocycles. The predicted octanol–water partition coefficient (Wildman–Crippen LogP) is 2.29. The minimum absolute atomic E-state index is 0.123. The maximum absolute atomic E-state index is 13.2. The highest BCUT2D eigenvalue weighted by atomic mass is 35.5. The Balaban J connectivity index is 1.63. The van der Waals surface area contributed by atoms with Gasteiger partial charge in [0.15, 0.2) is 0 Å². The number of nitrogens with one attached hydrogen (secondary N) is 1. The van der Waals surface area contributed by atoms with E-state index in [9.17, 15) is 13.2 Å². The van der Waals surface area contributed by atoms with Gasteiger partial charge in [-0.2, -0.15) is 0 Å². The maximum Gasteiger partial charge on any atom is 0.264 e. The Labute approximate surface area is 189 Å². The van der Waals surface area contributed by atoms with E-state index in [4.69, 9.17) is 11.6 Å². The Bertz CT molecular complexity index is 964. The van der Waals surface area contributed by atoms with Crippen LogP contribution in [0, 0.1) is 0 Å². The third kappa shape index (κ3) is 6.67. The van der Waals surface area contributed by atoms with Gasteiger partial charge in [-0.3, -0.25) is 9.10 Å². The first-order valence-electron chi connectivity index (χ1n) is 10.4. The minimum atomic E-state index is -3.92. The smallest absolute Gasteiger partial charge is 0.264 e. The Morgan fingerprint density at radius 2 is 1.77 bits per heavy atom.